The van der Waals surface area contributed by atoms with Gasteiger partial charge in [0.15, 0.2) is 11.7 Å². The van der Waals surface area contributed by atoms with Crippen LogP contribution in [0.1, 0.15) is 38.8 Å². The molecule has 0 saturated heterocycles. The van der Waals surface area contributed by atoms with Crippen LogP contribution in [0.4, 0.5) is 0 Å². The lowest BCUT2D eigenvalue weighted by Crippen LogP contribution is -2.37. The summed E-state index contributed by atoms with van der Waals surface area (Å²) in [6.07, 6.45) is 3.61. The zero-order valence-corrected chi connectivity index (χ0v) is 16.7. The normalized spacial score (nSPS) is 11.0. The quantitative estimate of drug-likeness (QED) is 0.278. The summed E-state index contributed by atoms with van der Waals surface area (Å²) in [7, 11) is 0. The van der Waals surface area contributed by atoms with Gasteiger partial charge in [-0.25, -0.2) is 4.99 Å². The molecular weight excluding hydrogens is 415 g/mol. The molecule has 0 amide bonds. The van der Waals surface area contributed by atoms with Crippen molar-refractivity contribution in [1.29, 1.82) is 0 Å². The Labute approximate surface area is 161 Å². The molecule has 2 aromatic rings. The van der Waals surface area contributed by atoms with Crippen LogP contribution < -0.4 is 10.6 Å². The highest BCUT2D eigenvalue weighted by Gasteiger charge is 2.06. The van der Waals surface area contributed by atoms with Crippen molar-refractivity contribution in [3.8, 4) is 11.3 Å². The second kappa shape index (κ2) is 11.9. The first-order chi connectivity index (χ1) is 11.3. The Morgan fingerprint density at radius 2 is 1.92 bits per heavy atom. The van der Waals surface area contributed by atoms with Crippen molar-refractivity contribution in [2.45, 2.75) is 39.7 Å². The van der Waals surface area contributed by atoms with Crippen LogP contribution in [-0.4, -0.2) is 24.2 Å². The first kappa shape index (κ1) is 20.5. The van der Waals surface area contributed by atoms with Gasteiger partial charge in [0.05, 0.1) is 6.54 Å². The van der Waals surface area contributed by atoms with Crippen molar-refractivity contribution in [1.82, 2.24) is 15.8 Å². The van der Waals surface area contributed by atoms with Crippen molar-refractivity contribution in [2.75, 3.05) is 13.1 Å². The summed E-state index contributed by atoms with van der Waals surface area (Å²) >= 11 is 0. The summed E-state index contributed by atoms with van der Waals surface area (Å²) in [6.45, 7) is 6.54. The van der Waals surface area contributed by atoms with Gasteiger partial charge in [0.2, 0.25) is 0 Å². The molecule has 2 rings (SSSR count). The van der Waals surface area contributed by atoms with E-state index in [1.165, 1.54) is 12.8 Å². The summed E-state index contributed by atoms with van der Waals surface area (Å²) in [4.78, 5) is 4.56. The van der Waals surface area contributed by atoms with E-state index in [0.29, 0.717) is 6.54 Å². The van der Waals surface area contributed by atoms with Gasteiger partial charge in [-0.1, -0.05) is 55.3 Å². The number of aromatic nitrogens is 1. The van der Waals surface area contributed by atoms with E-state index >= 15 is 0 Å². The van der Waals surface area contributed by atoms with E-state index in [4.69, 9.17) is 4.52 Å². The first-order valence-corrected chi connectivity index (χ1v) is 8.36. The van der Waals surface area contributed by atoms with Gasteiger partial charge >= 0.3 is 0 Å². The van der Waals surface area contributed by atoms with Gasteiger partial charge in [0.1, 0.15) is 5.69 Å². The Morgan fingerprint density at radius 1 is 1.12 bits per heavy atom. The van der Waals surface area contributed by atoms with Crippen LogP contribution in [0.3, 0.4) is 0 Å². The molecule has 1 aromatic heterocycles. The molecular formula is C18H27IN4O. The Hall–Kier alpha value is -1.57. The summed E-state index contributed by atoms with van der Waals surface area (Å²) in [5.41, 5.74) is 1.86. The predicted molar refractivity (Wildman–Crippen MR) is 110 cm³/mol. The largest absolute Gasteiger partial charge is 0.357 e. The molecule has 0 radical (unpaired) electrons. The van der Waals surface area contributed by atoms with E-state index in [2.05, 4.69) is 34.6 Å². The number of rotatable bonds is 8. The third-order valence-corrected chi connectivity index (χ3v) is 3.43. The van der Waals surface area contributed by atoms with Crippen LogP contribution in [0.25, 0.3) is 11.3 Å². The molecule has 0 atom stereocenters. The molecule has 0 aliphatic carbocycles. The highest BCUT2D eigenvalue weighted by molar-refractivity contribution is 14.0. The number of hydrogen-bond acceptors (Lipinski definition) is 3. The Balaban J connectivity index is 0.00000288. The van der Waals surface area contributed by atoms with Crippen LogP contribution in [-0.2, 0) is 6.54 Å². The number of nitrogens with one attached hydrogen (secondary N) is 2. The minimum absolute atomic E-state index is 0. The van der Waals surface area contributed by atoms with Crippen molar-refractivity contribution in [2.24, 2.45) is 4.99 Å². The van der Waals surface area contributed by atoms with E-state index < -0.39 is 0 Å². The maximum atomic E-state index is 5.40. The van der Waals surface area contributed by atoms with E-state index in [9.17, 15) is 0 Å². The molecule has 0 aliphatic rings. The number of nitrogens with zero attached hydrogens (tertiary/aromatic N) is 2. The highest BCUT2D eigenvalue weighted by Crippen LogP contribution is 2.19. The van der Waals surface area contributed by atoms with Gasteiger partial charge in [-0.05, 0) is 13.3 Å². The Bertz CT molecular complexity index is 598. The maximum Gasteiger partial charge on any atom is 0.191 e. The average Bonchev–Trinajstić information content (AvgIpc) is 3.06. The van der Waals surface area contributed by atoms with Gasteiger partial charge in [-0.3, -0.25) is 0 Å². The fourth-order valence-electron chi connectivity index (χ4n) is 2.21. The van der Waals surface area contributed by atoms with Crippen molar-refractivity contribution < 1.29 is 4.52 Å². The molecule has 132 valence electrons. The fraction of sp³-hybridized carbons (Fsp3) is 0.444. The molecule has 5 nitrogen and oxygen atoms in total. The van der Waals surface area contributed by atoms with Gasteiger partial charge in [0.25, 0.3) is 0 Å². The van der Waals surface area contributed by atoms with Gasteiger partial charge in [-0.15, -0.1) is 24.0 Å². The second-order valence-electron chi connectivity index (χ2n) is 5.38. The summed E-state index contributed by atoms with van der Waals surface area (Å²) in [5, 5.41) is 10.7. The minimum atomic E-state index is 0. The lowest BCUT2D eigenvalue weighted by atomic mass is 10.2. The molecule has 6 heteroatoms. The monoisotopic (exact) mass is 442 g/mol. The molecule has 0 aliphatic heterocycles. The lowest BCUT2D eigenvalue weighted by molar-refractivity contribution is 0.424. The van der Waals surface area contributed by atoms with Gasteiger partial charge in [-0.2, -0.15) is 0 Å². The zero-order valence-electron chi connectivity index (χ0n) is 14.4. The number of benzene rings is 1. The second-order valence-corrected chi connectivity index (χ2v) is 5.38. The first-order valence-electron chi connectivity index (χ1n) is 8.36. The highest BCUT2D eigenvalue weighted by atomic mass is 127. The third-order valence-electron chi connectivity index (χ3n) is 3.43. The Kier molecular flexibility index (Phi) is 10.1. The SMILES string of the molecule is CCCCCNC(=NCc1cc(-c2ccccc2)on1)NCC.I. The van der Waals surface area contributed by atoms with Gasteiger partial charge < -0.3 is 15.2 Å². The van der Waals surface area contributed by atoms with Crippen LogP contribution in [0.15, 0.2) is 45.9 Å². The van der Waals surface area contributed by atoms with Crippen molar-refractivity contribution >= 4 is 29.9 Å². The predicted octanol–water partition coefficient (Wildman–Crippen LogP) is 4.20. The number of aliphatic imine (C=N–C) groups is 1. The third kappa shape index (κ3) is 6.90. The number of unbranched alkanes of at least 4 members (excludes halogenated alkanes) is 2. The number of guanidine groups is 1. The summed E-state index contributed by atoms with van der Waals surface area (Å²) in [5.74, 6) is 1.60. The number of hydrogen-bond donors (Lipinski definition) is 2. The lowest BCUT2D eigenvalue weighted by Gasteiger charge is -2.10. The summed E-state index contributed by atoms with van der Waals surface area (Å²) in [6, 6.07) is 11.9. The van der Waals surface area contributed by atoms with Crippen LogP contribution in [0, 0.1) is 0 Å². The molecule has 0 bridgehead atoms. The van der Waals surface area contributed by atoms with Crippen molar-refractivity contribution in [3.05, 3.63) is 42.1 Å². The smallest absolute Gasteiger partial charge is 0.191 e. The molecule has 0 saturated carbocycles. The molecule has 0 spiro atoms. The molecule has 0 unspecified atom stereocenters. The fourth-order valence-corrected chi connectivity index (χ4v) is 2.21. The van der Waals surface area contributed by atoms with E-state index in [0.717, 1.165) is 42.5 Å². The van der Waals surface area contributed by atoms with Crippen LogP contribution in [0.5, 0.6) is 0 Å². The standard InChI is InChI=1S/C18H26N4O.HI/c1-3-5-9-12-20-18(19-4-2)21-14-16-13-17(23-22-16)15-10-7-6-8-11-15;/h6-8,10-11,13H,3-5,9,12,14H2,1-2H3,(H2,19,20,21);1H. The van der Waals surface area contributed by atoms with E-state index in [1.807, 2.05) is 36.4 Å². The van der Waals surface area contributed by atoms with E-state index in [-0.39, 0.29) is 24.0 Å². The molecule has 1 heterocycles. The molecule has 2 N–H and O–H groups in total. The topological polar surface area (TPSA) is 62.5 Å². The maximum absolute atomic E-state index is 5.40. The van der Waals surface area contributed by atoms with Gasteiger partial charge in [0, 0.05) is 24.7 Å². The van der Waals surface area contributed by atoms with Crippen LogP contribution >= 0.6 is 24.0 Å². The molecule has 1 aromatic carbocycles. The molecule has 0 fully saturated rings. The van der Waals surface area contributed by atoms with Crippen LogP contribution in [0.2, 0.25) is 0 Å². The van der Waals surface area contributed by atoms with E-state index in [1.54, 1.807) is 0 Å². The van der Waals surface area contributed by atoms with Crippen molar-refractivity contribution in [3.63, 3.8) is 0 Å². The number of halogens is 1. The average molecular weight is 442 g/mol. The minimum Gasteiger partial charge on any atom is -0.357 e. The molecule has 24 heavy (non-hydrogen) atoms. The summed E-state index contributed by atoms with van der Waals surface area (Å²) < 4.78 is 5.40. The zero-order chi connectivity index (χ0) is 16.3. The Morgan fingerprint density at radius 3 is 2.62 bits per heavy atom.